The van der Waals surface area contributed by atoms with Crippen LogP contribution in [0.3, 0.4) is 0 Å². The number of aromatic amines is 1. The number of carbonyl (C=O) groups is 11. The van der Waals surface area contributed by atoms with Gasteiger partial charge in [-0.2, -0.15) is 4.91 Å². The summed E-state index contributed by atoms with van der Waals surface area (Å²) in [5.74, 6) is -9.25. The SMILES string of the molecule is CC(C)C[C@H](NC(=O)[C@@H](CCCCNN=[N+]=[N-])NC(=O)[C@H](Cc1ccc(O)cc1)NC(=O)[C@H](CO)NC(=O)[C@@H](Cc1cccnc1)NC(=O)[C@H](Cc1cnc[nH]1)NC(=O)[C@@H]1CCC(=O)N1)C(=O)N[C@@H](CCCN=C(N)N)C(=O)N1CCC[C@H]1C(=O)N[C@H](C)C(N)=O. The number of phenols is 1. The molecule has 2 fully saturated rings. The Morgan fingerprint density at radius 1 is 0.703 bits per heavy atom. The third-order valence-electron chi connectivity index (χ3n) is 14.8. The highest BCUT2D eigenvalue weighted by Crippen LogP contribution is 2.21. The molecule has 2 saturated heterocycles. The largest absolute Gasteiger partial charge is 0.508 e. The molecule has 2 aromatic heterocycles. The van der Waals surface area contributed by atoms with Crippen LogP contribution in [-0.2, 0) is 72.0 Å². The van der Waals surface area contributed by atoms with Gasteiger partial charge in [0, 0.05) is 63.1 Å². The van der Waals surface area contributed by atoms with E-state index < -0.39 is 126 Å². The van der Waals surface area contributed by atoms with E-state index in [1.807, 2.05) is 0 Å². The van der Waals surface area contributed by atoms with Gasteiger partial charge < -0.3 is 85.1 Å². The van der Waals surface area contributed by atoms with Gasteiger partial charge in [-0.15, -0.1) is 5.53 Å². The molecule has 494 valence electrons. The lowest BCUT2D eigenvalue weighted by molar-refractivity contribution is -0.142. The summed E-state index contributed by atoms with van der Waals surface area (Å²) in [6, 6.07) is -4.52. The number of aliphatic hydroxyl groups is 1. The summed E-state index contributed by atoms with van der Waals surface area (Å²) in [5.41, 5.74) is 29.0. The Kier molecular flexibility index (Phi) is 28.6. The van der Waals surface area contributed by atoms with E-state index in [0.717, 1.165) is 0 Å². The number of aromatic nitrogens is 3. The molecule has 3 aromatic rings. The van der Waals surface area contributed by atoms with Gasteiger partial charge in [-0.1, -0.05) is 32.0 Å². The van der Waals surface area contributed by atoms with Crippen LogP contribution in [0.2, 0.25) is 0 Å². The van der Waals surface area contributed by atoms with Gasteiger partial charge in [-0.25, -0.2) is 4.98 Å². The number of nitrogens with one attached hydrogen (secondary N) is 11. The Balaban J connectivity index is 1.40. The topological polar surface area (TPSA) is 533 Å². The first-order valence-electron chi connectivity index (χ1n) is 29.9. The number of rotatable bonds is 37. The number of nitrogens with zero attached hydrogens (tertiary/aromatic N) is 7. The average molecular weight is 1270 g/mol. The van der Waals surface area contributed by atoms with Crippen LogP contribution in [0.4, 0.5) is 0 Å². The minimum Gasteiger partial charge on any atom is -0.508 e. The summed E-state index contributed by atoms with van der Waals surface area (Å²) in [6.07, 6.45) is 6.54. The normalized spacial score (nSPS) is 16.9. The molecule has 34 heteroatoms. The van der Waals surface area contributed by atoms with E-state index in [0.29, 0.717) is 29.7 Å². The van der Waals surface area contributed by atoms with E-state index in [-0.39, 0.29) is 114 Å². The van der Waals surface area contributed by atoms with Crippen LogP contribution in [-0.4, -0.2) is 188 Å². The molecule has 2 aliphatic rings. The fraction of sp³-hybridized carbons (Fsp3) is 0.544. The quantitative estimate of drug-likeness (QED) is 0.00502. The molecule has 10 atom stereocenters. The Bertz CT molecular complexity index is 3050. The van der Waals surface area contributed by atoms with Crippen molar-refractivity contribution in [3.8, 4) is 5.75 Å². The molecule has 0 spiro atoms. The van der Waals surface area contributed by atoms with E-state index in [9.17, 15) is 63.0 Å². The molecule has 19 N–H and O–H groups in total. The summed E-state index contributed by atoms with van der Waals surface area (Å²) in [6.45, 7) is 4.24. The highest BCUT2D eigenvalue weighted by atomic mass is 16.3. The molecule has 0 radical (unpaired) electrons. The second kappa shape index (κ2) is 36.4. The second-order valence-corrected chi connectivity index (χ2v) is 22.5. The third kappa shape index (κ3) is 23.7. The molecule has 0 bridgehead atoms. The number of azide groups is 1. The molecule has 5 rings (SSSR count). The van der Waals surface area contributed by atoms with Gasteiger partial charge >= 0.3 is 0 Å². The number of hydrogen-bond acceptors (Lipinski definition) is 17. The van der Waals surface area contributed by atoms with Crippen LogP contribution in [0.15, 0.2) is 71.5 Å². The lowest BCUT2D eigenvalue weighted by Crippen LogP contribution is -2.61. The first kappa shape index (κ1) is 71.6. The fourth-order valence-electron chi connectivity index (χ4n) is 10.0. The van der Waals surface area contributed by atoms with Crippen molar-refractivity contribution in [3.63, 3.8) is 0 Å². The van der Waals surface area contributed by atoms with E-state index >= 15 is 0 Å². The second-order valence-electron chi connectivity index (χ2n) is 22.5. The molecule has 0 aliphatic carbocycles. The summed E-state index contributed by atoms with van der Waals surface area (Å²) in [7, 11) is 0. The van der Waals surface area contributed by atoms with Gasteiger partial charge in [-0.3, -0.25) is 68.1 Å². The number of hydrogen-bond donors (Lipinski definition) is 16. The molecule has 2 aliphatic heterocycles. The van der Waals surface area contributed by atoms with Gasteiger partial charge in [0.25, 0.3) is 0 Å². The lowest BCUT2D eigenvalue weighted by atomic mass is 10.00. The number of carbonyl (C=O) groups excluding carboxylic acids is 11. The number of aliphatic imine (C=N–C) groups is 1. The van der Waals surface area contributed by atoms with Crippen LogP contribution in [0.25, 0.3) is 10.4 Å². The number of primary amides is 1. The van der Waals surface area contributed by atoms with E-state index in [4.69, 9.17) is 22.7 Å². The predicted octanol–water partition coefficient (Wildman–Crippen LogP) is -3.73. The zero-order chi connectivity index (χ0) is 66.6. The highest BCUT2D eigenvalue weighted by molar-refractivity contribution is 5.99. The van der Waals surface area contributed by atoms with Crippen LogP contribution in [0, 0.1) is 5.92 Å². The molecule has 1 aromatic carbocycles. The molecule has 91 heavy (non-hydrogen) atoms. The first-order valence-corrected chi connectivity index (χ1v) is 29.9. The third-order valence-corrected chi connectivity index (χ3v) is 14.8. The number of pyridine rings is 1. The Hall–Kier alpha value is -10.1. The van der Waals surface area contributed by atoms with Crippen molar-refractivity contribution in [1.29, 1.82) is 0 Å². The van der Waals surface area contributed by atoms with Crippen LogP contribution < -0.4 is 70.5 Å². The lowest BCUT2D eigenvalue weighted by Gasteiger charge is -2.31. The first-order chi connectivity index (χ1) is 43.5. The molecule has 0 saturated carbocycles. The van der Waals surface area contributed by atoms with Crippen LogP contribution in [0.5, 0.6) is 5.75 Å². The zero-order valence-corrected chi connectivity index (χ0v) is 50.9. The molecule has 0 unspecified atom stereocenters. The number of imidazole rings is 1. The van der Waals surface area contributed by atoms with E-state index in [2.05, 4.69) is 83.4 Å². The Labute approximate surface area is 524 Å². The van der Waals surface area contributed by atoms with Gasteiger partial charge in [0.05, 0.1) is 19.5 Å². The maximum Gasteiger partial charge on any atom is 0.245 e. The van der Waals surface area contributed by atoms with E-state index in [1.54, 1.807) is 26.0 Å². The van der Waals surface area contributed by atoms with Crippen molar-refractivity contribution in [2.45, 2.75) is 165 Å². The summed E-state index contributed by atoms with van der Waals surface area (Å²) >= 11 is 0. The van der Waals surface area contributed by atoms with Crippen LogP contribution in [0.1, 0.15) is 102 Å². The number of nitrogens with two attached hydrogens (primary N) is 3. The predicted molar refractivity (Wildman–Crippen MR) is 326 cm³/mol. The number of unbranched alkanes of at least 4 members (excludes halogenated alkanes) is 1. The molecule has 11 amide bonds. The van der Waals surface area contributed by atoms with Crippen molar-refractivity contribution in [2.24, 2.45) is 33.3 Å². The number of amides is 11. The van der Waals surface area contributed by atoms with Gasteiger partial charge in [0.1, 0.15) is 66.2 Å². The molecular weight excluding hydrogens is 1190 g/mol. The van der Waals surface area contributed by atoms with Crippen molar-refractivity contribution in [1.82, 2.24) is 73.1 Å². The smallest absolute Gasteiger partial charge is 0.245 e. The van der Waals surface area contributed by atoms with Crippen LogP contribution >= 0.6 is 0 Å². The van der Waals surface area contributed by atoms with Gasteiger partial charge in [0.15, 0.2) is 5.96 Å². The minimum absolute atomic E-state index is 0.00714. The summed E-state index contributed by atoms with van der Waals surface area (Å²) < 4.78 is 0. The number of aromatic hydroxyl groups is 1. The number of H-pyrrole nitrogens is 1. The number of benzene rings is 1. The Morgan fingerprint density at radius 3 is 1.90 bits per heavy atom. The van der Waals surface area contributed by atoms with Gasteiger partial charge in [0.2, 0.25) is 65.0 Å². The number of phenolic OH excluding ortho intramolecular Hbond substituents is 1. The monoisotopic (exact) mass is 1270 g/mol. The maximum absolute atomic E-state index is 14.8. The molecule has 4 heterocycles. The van der Waals surface area contributed by atoms with Crippen molar-refractivity contribution < 1.29 is 63.0 Å². The average Bonchev–Trinajstić information content (AvgIpc) is 2.33. The summed E-state index contributed by atoms with van der Waals surface area (Å²) in [5, 5.41) is 47.7. The Morgan fingerprint density at radius 2 is 1.31 bits per heavy atom. The van der Waals surface area contributed by atoms with Crippen molar-refractivity contribution >= 4 is 70.9 Å². The molecule has 34 nitrogen and oxygen atoms in total. The fourth-order valence-corrected chi connectivity index (χ4v) is 10.0. The standard InChI is InChI=1S/C57H83N21O13/c1-31(2)23-40(50(85)70-39(11-7-20-64-57(59)60)56(91)78-22-8-12-45(78)55(90)67-32(3)47(58)82)71-48(83)37(10-4-5-21-66-77-76-61)69-51(86)41(24-33-13-15-36(80)16-14-33)73-54(89)44(29-79)75-52(87)42(25-34-9-6-19-62-27-34)72-53(88)43(26-35-28-63-30-65-35)74-49(84)38-17-18-46(81)68-38/h6,9,13-16,19,27-28,30-32,37-45,66,79-80H,4-5,7-8,10-12,17-18,20-26,29H2,1-3H3,(H2,58,82)(H,63,65)(H,67,90)(H,68,81)(H,69,86)(H,70,85)(H,71,83)(H,72,88)(H,73,89)(H,74,84)(H,75,87)(H4,59,60,64)/t32-,37-,38+,39+,40+,41+,42-,43+,44+,45+/m1/s1. The van der Waals surface area contributed by atoms with E-state index in [1.165, 1.54) is 61.0 Å². The molecular formula is C57H83N21O13. The summed E-state index contributed by atoms with van der Waals surface area (Å²) in [4.78, 5) is 171. The van der Waals surface area contributed by atoms with Crippen molar-refractivity contribution in [2.75, 3.05) is 26.2 Å². The minimum atomic E-state index is -1.80. The highest BCUT2D eigenvalue weighted by Gasteiger charge is 2.40. The number of aliphatic hydroxyl groups excluding tert-OH is 1. The zero-order valence-electron chi connectivity index (χ0n) is 50.9. The number of guanidine groups is 1. The van der Waals surface area contributed by atoms with Crippen molar-refractivity contribution in [3.05, 3.63) is 88.6 Å². The number of likely N-dealkylation sites (tertiary alicyclic amines) is 1. The maximum atomic E-state index is 14.8. The van der Waals surface area contributed by atoms with Gasteiger partial charge in [-0.05, 0) is 105 Å².